The Hall–Kier alpha value is -1.14. The van der Waals surface area contributed by atoms with Crippen molar-refractivity contribution in [1.82, 2.24) is 14.8 Å². The number of likely N-dealkylation sites (tertiary alicyclic amines) is 1. The van der Waals surface area contributed by atoms with Crippen LogP contribution >= 0.6 is 11.3 Å². The monoisotopic (exact) mass is 325 g/mol. The van der Waals surface area contributed by atoms with Crippen LogP contribution < -0.4 is 10.2 Å². The zero-order valence-corrected chi connectivity index (χ0v) is 14.5. The van der Waals surface area contributed by atoms with Gasteiger partial charge in [0.25, 0.3) is 0 Å². The van der Waals surface area contributed by atoms with Gasteiger partial charge in [0.15, 0.2) is 0 Å². The van der Waals surface area contributed by atoms with Gasteiger partial charge in [0.05, 0.1) is 0 Å². The maximum absolute atomic E-state index is 11.8. The molecule has 0 radical (unpaired) electrons. The molecule has 1 fully saturated rings. The standard InChI is InChI=1S/C16H27N3O2S/c1-13-5-3-8-18(11-13)9-4-7-17-15(20)6-10-19-14(2)12-22-16(19)21/h12-13H,3-11H2,1-2H3,(H,17,20). The molecule has 1 saturated heterocycles. The molecule has 5 nitrogen and oxygen atoms in total. The van der Waals surface area contributed by atoms with E-state index in [4.69, 9.17) is 0 Å². The largest absolute Gasteiger partial charge is 0.356 e. The summed E-state index contributed by atoms with van der Waals surface area (Å²) in [5, 5.41) is 4.79. The molecule has 1 aromatic rings. The van der Waals surface area contributed by atoms with Crippen molar-refractivity contribution < 1.29 is 4.79 Å². The van der Waals surface area contributed by atoms with E-state index in [1.54, 1.807) is 4.57 Å². The highest BCUT2D eigenvalue weighted by Gasteiger charge is 2.15. The fourth-order valence-electron chi connectivity index (χ4n) is 3.00. The molecule has 0 bridgehead atoms. The van der Waals surface area contributed by atoms with E-state index in [1.165, 1.54) is 37.3 Å². The molecule has 1 aromatic heterocycles. The fourth-order valence-corrected chi connectivity index (χ4v) is 3.76. The third-order valence-corrected chi connectivity index (χ3v) is 5.13. The Balaban J connectivity index is 1.59. The Kier molecular flexibility index (Phi) is 6.64. The lowest BCUT2D eigenvalue weighted by Gasteiger charge is -2.30. The van der Waals surface area contributed by atoms with Crippen LogP contribution in [0.2, 0.25) is 0 Å². The molecule has 124 valence electrons. The van der Waals surface area contributed by atoms with Crippen LogP contribution in [0.1, 0.15) is 38.3 Å². The van der Waals surface area contributed by atoms with Crippen molar-refractivity contribution in [2.24, 2.45) is 5.92 Å². The predicted molar refractivity (Wildman–Crippen MR) is 90.4 cm³/mol. The zero-order chi connectivity index (χ0) is 15.9. The molecule has 1 aliphatic rings. The number of carbonyl (C=O) groups is 1. The minimum Gasteiger partial charge on any atom is -0.356 e. The van der Waals surface area contributed by atoms with Gasteiger partial charge in [-0.05, 0) is 45.2 Å². The van der Waals surface area contributed by atoms with Crippen molar-refractivity contribution in [2.75, 3.05) is 26.2 Å². The SMILES string of the molecule is Cc1csc(=O)n1CCC(=O)NCCCN1CCCC(C)C1. The number of amides is 1. The molecule has 0 saturated carbocycles. The number of aryl methyl sites for hydroxylation is 1. The molecule has 6 heteroatoms. The Morgan fingerprint density at radius 2 is 2.27 bits per heavy atom. The van der Waals surface area contributed by atoms with Crippen LogP contribution in [-0.2, 0) is 11.3 Å². The average molecular weight is 325 g/mol. The number of hydrogen-bond donors (Lipinski definition) is 1. The van der Waals surface area contributed by atoms with Crippen LogP contribution in [0, 0.1) is 12.8 Å². The normalized spacial score (nSPS) is 19.3. The first-order chi connectivity index (χ1) is 10.6. The smallest absolute Gasteiger partial charge is 0.307 e. The van der Waals surface area contributed by atoms with Crippen LogP contribution in [0.4, 0.5) is 0 Å². The van der Waals surface area contributed by atoms with E-state index in [0.717, 1.165) is 31.1 Å². The molecule has 2 heterocycles. The molecule has 0 spiro atoms. The van der Waals surface area contributed by atoms with Gasteiger partial charge in [-0.25, -0.2) is 0 Å². The summed E-state index contributed by atoms with van der Waals surface area (Å²) in [6.45, 7) is 8.85. The molecule has 1 amide bonds. The summed E-state index contributed by atoms with van der Waals surface area (Å²) in [5.41, 5.74) is 0.932. The molecule has 1 atom stereocenters. The molecule has 0 aliphatic carbocycles. The molecule has 1 aliphatic heterocycles. The number of aromatic nitrogens is 1. The van der Waals surface area contributed by atoms with Crippen molar-refractivity contribution in [2.45, 2.75) is 46.1 Å². The second-order valence-electron chi connectivity index (χ2n) is 6.30. The number of rotatable bonds is 7. The lowest BCUT2D eigenvalue weighted by molar-refractivity contribution is -0.121. The van der Waals surface area contributed by atoms with Gasteiger partial charge in [-0.2, -0.15) is 0 Å². The second-order valence-corrected chi connectivity index (χ2v) is 7.12. The third kappa shape index (κ3) is 5.25. The van der Waals surface area contributed by atoms with Crippen LogP contribution in [0.15, 0.2) is 10.2 Å². The maximum atomic E-state index is 11.8. The number of piperidine rings is 1. The zero-order valence-electron chi connectivity index (χ0n) is 13.6. The van der Waals surface area contributed by atoms with Gasteiger partial charge in [0.1, 0.15) is 0 Å². The number of carbonyl (C=O) groups excluding carboxylic acids is 1. The third-order valence-electron chi connectivity index (χ3n) is 4.25. The molecule has 22 heavy (non-hydrogen) atoms. The maximum Gasteiger partial charge on any atom is 0.307 e. The lowest BCUT2D eigenvalue weighted by atomic mass is 10.0. The predicted octanol–water partition coefficient (Wildman–Crippen LogP) is 1.85. The topological polar surface area (TPSA) is 54.3 Å². The van der Waals surface area contributed by atoms with Gasteiger partial charge in [0.2, 0.25) is 5.91 Å². The van der Waals surface area contributed by atoms with Gasteiger partial charge < -0.3 is 14.8 Å². The van der Waals surface area contributed by atoms with E-state index in [-0.39, 0.29) is 10.8 Å². The van der Waals surface area contributed by atoms with E-state index >= 15 is 0 Å². The van der Waals surface area contributed by atoms with Crippen LogP contribution in [0.25, 0.3) is 0 Å². The fraction of sp³-hybridized carbons (Fsp3) is 0.750. The molecule has 1 N–H and O–H groups in total. The van der Waals surface area contributed by atoms with Gasteiger partial charge in [-0.3, -0.25) is 9.59 Å². The molecular formula is C16H27N3O2S. The quantitative estimate of drug-likeness (QED) is 0.779. The van der Waals surface area contributed by atoms with Crippen molar-refractivity contribution >= 4 is 17.2 Å². The van der Waals surface area contributed by atoms with E-state index in [1.807, 2.05) is 12.3 Å². The molecule has 0 aromatic carbocycles. The first-order valence-corrected chi connectivity index (χ1v) is 9.08. The minimum atomic E-state index is 0.0181. The summed E-state index contributed by atoms with van der Waals surface area (Å²) < 4.78 is 1.67. The highest BCUT2D eigenvalue weighted by Crippen LogP contribution is 2.15. The van der Waals surface area contributed by atoms with E-state index < -0.39 is 0 Å². The number of thiazole rings is 1. The van der Waals surface area contributed by atoms with Gasteiger partial charge in [0, 0.05) is 37.1 Å². The number of nitrogens with zero attached hydrogens (tertiary/aromatic N) is 2. The molecule has 1 unspecified atom stereocenters. The van der Waals surface area contributed by atoms with Gasteiger partial charge in [-0.15, -0.1) is 0 Å². The average Bonchev–Trinajstić information content (AvgIpc) is 2.80. The minimum absolute atomic E-state index is 0.0181. The molecule has 2 rings (SSSR count). The Labute approximate surface area is 136 Å². The highest BCUT2D eigenvalue weighted by atomic mass is 32.1. The summed E-state index contributed by atoms with van der Waals surface area (Å²) in [4.78, 5) is 25.9. The van der Waals surface area contributed by atoms with Crippen LogP contribution in [0.3, 0.4) is 0 Å². The van der Waals surface area contributed by atoms with Crippen molar-refractivity contribution in [3.05, 3.63) is 20.7 Å². The Morgan fingerprint density at radius 3 is 2.95 bits per heavy atom. The number of hydrogen-bond acceptors (Lipinski definition) is 4. The summed E-state index contributed by atoms with van der Waals surface area (Å²) >= 11 is 1.19. The summed E-state index contributed by atoms with van der Waals surface area (Å²) in [6.07, 6.45) is 4.00. The van der Waals surface area contributed by atoms with Gasteiger partial charge in [-0.1, -0.05) is 18.3 Å². The summed E-state index contributed by atoms with van der Waals surface area (Å²) in [6, 6.07) is 0. The lowest BCUT2D eigenvalue weighted by Crippen LogP contribution is -2.36. The first kappa shape index (κ1) is 17.2. The van der Waals surface area contributed by atoms with Crippen LogP contribution in [0.5, 0.6) is 0 Å². The Morgan fingerprint density at radius 1 is 1.45 bits per heavy atom. The number of nitrogens with one attached hydrogen (secondary N) is 1. The first-order valence-electron chi connectivity index (χ1n) is 8.20. The van der Waals surface area contributed by atoms with Crippen LogP contribution in [-0.4, -0.2) is 41.6 Å². The summed E-state index contributed by atoms with van der Waals surface area (Å²) in [7, 11) is 0. The van der Waals surface area contributed by atoms with E-state index in [2.05, 4.69) is 17.1 Å². The van der Waals surface area contributed by atoms with E-state index in [9.17, 15) is 9.59 Å². The van der Waals surface area contributed by atoms with Gasteiger partial charge >= 0.3 is 4.87 Å². The van der Waals surface area contributed by atoms with Crippen molar-refractivity contribution in [3.63, 3.8) is 0 Å². The highest BCUT2D eigenvalue weighted by molar-refractivity contribution is 7.07. The Bertz CT molecular complexity index is 538. The van der Waals surface area contributed by atoms with Crippen molar-refractivity contribution in [3.8, 4) is 0 Å². The second kappa shape index (κ2) is 8.48. The van der Waals surface area contributed by atoms with Crippen molar-refractivity contribution in [1.29, 1.82) is 0 Å². The molecular weight excluding hydrogens is 298 g/mol. The summed E-state index contributed by atoms with van der Waals surface area (Å²) in [5.74, 6) is 0.833. The van der Waals surface area contributed by atoms with E-state index in [0.29, 0.717) is 13.0 Å².